The Labute approximate surface area is 245 Å². The van der Waals surface area contributed by atoms with Crippen molar-refractivity contribution < 1.29 is 13.6 Å². The van der Waals surface area contributed by atoms with Gasteiger partial charge >= 0.3 is 0 Å². The van der Waals surface area contributed by atoms with Crippen LogP contribution in [-0.4, -0.2) is 15.5 Å². The highest BCUT2D eigenvalue weighted by molar-refractivity contribution is 7.97. The van der Waals surface area contributed by atoms with Crippen molar-refractivity contribution in [3.05, 3.63) is 113 Å². The molecule has 1 aliphatic rings. The number of rotatable bonds is 9. The Bertz CT molecular complexity index is 1500. The SMILES string of the molecule is C[C@@H](CC(=O)N(Cc1nccn1C)c1ccc2c(c1)[C@H](NSc1ccc(F)cc1)CCC2(C)C)c1ccc(F)cc1. The Morgan fingerprint density at radius 3 is 2.44 bits per heavy atom. The predicted molar refractivity (Wildman–Crippen MR) is 161 cm³/mol. The van der Waals surface area contributed by atoms with Gasteiger partial charge in [0.15, 0.2) is 0 Å². The van der Waals surface area contributed by atoms with Crippen LogP contribution in [0.5, 0.6) is 0 Å². The maximum Gasteiger partial charge on any atom is 0.228 e. The fraction of sp³-hybridized carbons (Fsp3) is 0.333. The van der Waals surface area contributed by atoms with Crippen LogP contribution in [0, 0.1) is 11.6 Å². The molecule has 0 spiro atoms. The van der Waals surface area contributed by atoms with Crippen molar-refractivity contribution in [2.45, 2.75) is 68.8 Å². The van der Waals surface area contributed by atoms with Gasteiger partial charge in [-0.3, -0.25) is 9.52 Å². The molecule has 0 unspecified atom stereocenters. The van der Waals surface area contributed by atoms with E-state index in [1.807, 2.05) is 35.7 Å². The van der Waals surface area contributed by atoms with Crippen LogP contribution in [-0.2, 0) is 23.8 Å². The fourth-order valence-electron chi connectivity index (χ4n) is 5.48. The smallest absolute Gasteiger partial charge is 0.228 e. The molecule has 2 atom stereocenters. The number of aryl methyl sites for hydroxylation is 1. The lowest BCUT2D eigenvalue weighted by Crippen LogP contribution is -2.34. The monoisotopic (exact) mass is 574 g/mol. The fourth-order valence-corrected chi connectivity index (χ4v) is 6.27. The summed E-state index contributed by atoms with van der Waals surface area (Å²) in [6.45, 7) is 6.85. The van der Waals surface area contributed by atoms with E-state index in [2.05, 4.69) is 35.7 Å². The highest BCUT2D eigenvalue weighted by atomic mass is 32.2. The number of fused-ring (bicyclic) bond motifs is 1. The molecule has 0 aliphatic heterocycles. The van der Waals surface area contributed by atoms with Gasteiger partial charge in [0.25, 0.3) is 0 Å². The van der Waals surface area contributed by atoms with Crippen molar-refractivity contribution in [2.24, 2.45) is 7.05 Å². The number of anilines is 1. The molecule has 41 heavy (non-hydrogen) atoms. The lowest BCUT2D eigenvalue weighted by molar-refractivity contribution is -0.119. The first kappa shape index (κ1) is 29.0. The molecule has 0 saturated heterocycles. The predicted octanol–water partition coefficient (Wildman–Crippen LogP) is 7.83. The van der Waals surface area contributed by atoms with Crippen LogP contribution < -0.4 is 9.62 Å². The second kappa shape index (κ2) is 12.2. The first-order valence-electron chi connectivity index (χ1n) is 13.9. The van der Waals surface area contributed by atoms with Crippen molar-refractivity contribution in [1.82, 2.24) is 14.3 Å². The third-order valence-corrected chi connectivity index (χ3v) is 8.99. The first-order valence-corrected chi connectivity index (χ1v) is 14.8. The number of hydrogen-bond donors (Lipinski definition) is 1. The van der Waals surface area contributed by atoms with Gasteiger partial charge in [-0.05, 0) is 101 Å². The van der Waals surface area contributed by atoms with Gasteiger partial charge in [-0.25, -0.2) is 13.8 Å². The zero-order valence-corrected chi connectivity index (χ0v) is 24.7. The minimum atomic E-state index is -0.290. The maximum atomic E-state index is 13.9. The van der Waals surface area contributed by atoms with Crippen molar-refractivity contribution >= 4 is 23.5 Å². The van der Waals surface area contributed by atoms with E-state index < -0.39 is 0 Å². The van der Waals surface area contributed by atoms with E-state index in [0.717, 1.165) is 40.4 Å². The Kier molecular flexibility index (Phi) is 8.61. The van der Waals surface area contributed by atoms with E-state index in [-0.39, 0.29) is 41.3 Å². The average molecular weight is 575 g/mol. The van der Waals surface area contributed by atoms with Gasteiger partial charge in [-0.1, -0.05) is 39.0 Å². The van der Waals surface area contributed by atoms with E-state index in [0.29, 0.717) is 6.54 Å². The summed E-state index contributed by atoms with van der Waals surface area (Å²) in [6.07, 6.45) is 5.85. The standard InChI is InChI=1S/C33H36F2N4OS/c1-22(23-5-7-24(34)8-6-23)19-32(40)39(21-31-36-17-18-38(31)4)26-11-14-29-28(20-26)30(15-16-33(29,2)3)37-41-27-12-9-25(35)10-13-27/h5-14,17-18,20,22,30,37H,15-16,19,21H2,1-4H3/t22-,30+/m0/s1. The van der Waals surface area contributed by atoms with Crippen LogP contribution in [0.3, 0.4) is 0 Å². The zero-order chi connectivity index (χ0) is 29.1. The van der Waals surface area contributed by atoms with Crippen LogP contribution >= 0.6 is 11.9 Å². The maximum absolute atomic E-state index is 13.9. The van der Waals surface area contributed by atoms with Crippen molar-refractivity contribution in [3.63, 3.8) is 0 Å². The summed E-state index contributed by atoms with van der Waals surface area (Å²) in [6, 6.07) is 19.2. The van der Waals surface area contributed by atoms with Gasteiger partial charge in [0.05, 0.1) is 6.54 Å². The van der Waals surface area contributed by atoms with Gasteiger partial charge < -0.3 is 9.47 Å². The van der Waals surface area contributed by atoms with Crippen LogP contribution in [0.1, 0.15) is 74.5 Å². The van der Waals surface area contributed by atoms with E-state index in [9.17, 15) is 13.6 Å². The Morgan fingerprint density at radius 1 is 1.10 bits per heavy atom. The van der Waals surface area contributed by atoms with Gasteiger partial charge in [0, 0.05) is 42.5 Å². The highest BCUT2D eigenvalue weighted by Gasteiger charge is 2.34. The second-order valence-electron chi connectivity index (χ2n) is 11.5. The molecule has 0 saturated carbocycles. The van der Waals surface area contributed by atoms with Crippen LogP contribution in [0.2, 0.25) is 0 Å². The molecule has 0 radical (unpaired) electrons. The molecule has 214 valence electrons. The van der Waals surface area contributed by atoms with Crippen molar-refractivity contribution in [2.75, 3.05) is 4.90 Å². The largest absolute Gasteiger partial charge is 0.337 e. The summed E-state index contributed by atoms with van der Waals surface area (Å²) >= 11 is 1.50. The normalized spacial score (nSPS) is 16.7. The molecule has 1 N–H and O–H groups in total. The molecule has 1 amide bonds. The molecule has 0 fully saturated rings. The summed E-state index contributed by atoms with van der Waals surface area (Å²) in [5.74, 6) is 0.138. The summed E-state index contributed by atoms with van der Waals surface area (Å²) in [5, 5.41) is 0. The third-order valence-electron chi connectivity index (χ3n) is 8.08. The van der Waals surface area contributed by atoms with Gasteiger partial charge in [0.1, 0.15) is 17.5 Å². The number of hydrogen-bond acceptors (Lipinski definition) is 4. The summed E-state index contributed by atoms with van der Waals surface area (Å²) in [4.78, 5) is 21.2. The molecule has 1 aliphatic carbocycles. The van der Waals surface area contributed by atoms with Gasteiger partial charge in [-0.15, -0.1) is 0 Å². The molecule has 5 nitrogen and oxygen atoms in total. The van der Waals surface area contributed by atoms with Gasteiger partial charge in [-0.2, -0.15) is 0 Å². The van der Waals surface area contributed by atoms with E-state index >= 15 is 0 Å². The number of carbonyl (C=O) groups excluding carboxylic acids is 1. The van der Waals surface area contributed by atoms with Gasteiger partial charge in [0.2, 0.25) is 5.91 Å². The number of nitrogens with zero attached hydrogens (tertiary/aromatic N) is 3. The highest BCUT2D eigenvalue weighted by Crippen LogP contribution is 2.44. The molecule has 4 aromatic rings. The molecule has 5 rings (SSSR count). The van der Waals surface area contributed by atoms with E-state index in [1.54, 1.807) is 30.5 Å². The number of aromatic nitrogens is 2. The Hall–Kier alpha value is -3.49. The average Bonchev–Trinajstić information content (AvgIpc) is 3.36. The molecule has 1 aromatic heterocycles. The number of carbonyl (C=O) groups is 1. The number of nitrogens with one attached hydrogen (secondary N) is 1. The first-order chi connectivity index (χ1) is 19.6. The van der Waals surface area contributed by atoms with Crippen LogP contribution in [0.15, 0.2) is 84.0 Å². The Morgan fingerprint density at radius 2 is 1.78 bits per heavy atom. The molecule has 1 heterocycles. The van der Waals surface area contributed by atoms with E-state index in [1.165, 1.54) is 41.8 Å². The van der Waals surface area contributed by atoms with Crippen LogP contribution in [0.4, 0.5) is 14.5 Å². The lowest BCUT2D eigenvalue weighted by Gasteiger charge is -2.38. The summed E-state index contributed by atoms with van der Waals surface area (Å²) < 4.78 is 32.4. The number of amides is 1. The summed E-state index contributed by atoms with van der Waals surface area (Å²) in [5.41, 5.74) is 4.16. The zero-order valence-electron chi connectivity index (χ0n) is 23.9. The molecular formula is C33H36F2N4OS. The van der Waals surface area contributed by atoms with Crippen LogP contribution in [0.25, 0.3) is 0 Å². The topological polar surface area (TPSA) is 50.2 Å². The number of imidazole rings is 1. The molecule has 0 bridgehead atoms. The Balaban J connectivity index is 1.45. The van der Waals surface area contributed by atoms with E-state index in [4.69, 9.17) is 0 Å². The number of halogens is 2. The van der Waals surface area contributed by atoms with Crippen molar-refractivity contribution in [1.29, 1.82) is 0 Å². The molecule has 8 heteroatoms. The third kappa shape index (κ3) is 6.71. The second-order valence-corrected chi connectivity index (χ2v) is 12.4. The quantitative estimate of drug-likeness (QED) is 0.207. The lowest BCUT2D eigenvalue weighted by atomic mass is 9.71. The summed E-state index contributed by atoms with van der Waals surface area (Å²) in [7, 11) is 1.92. The minimum Gasteiger partial charge on any atom is -0.337 e. The molecule has 3 aromatic carbocycles. The van der Waals surface area contributed by atoms with Crippen molar-refractivity contribution in [3.8, 4) is 0 Å². The number of benzene rings is 3. The minimum absolute atomic E-state index is 0.00179. The molecular weight excluding hydrogens is 538 g/mol.